The molecule has 4 heteroatoms. The molecule has 0 aromatic heterocycles. The third-order valence-electron chi connectivity index (χ3n) is 3.39. The molecule has 0 radical (unpaired) electrons. The number of benzene rings is 2. The maximum Gasteiger partial charge on any atom is 0.248 e. The summed E-state index contributed by atoms with van der Waals surface area (Å²) in [5, 5.41) is 3.94. The van der Waals surface area contributed by atoms with Crippen molar-refractivity contribution in [1.29, 1.82) is 0 Å². The van der Waals surface area contributed by atoms with Crippen molar-refractivity contribution >= 4 is 23.2 Å². The minimum atomic E-state index is -0.471. The quantitative estimate of drug-likeness (QED) is 0.870. The standard InChI is InChI=1S/C17H19ClN2O/c1-11(2)14-5-3-4-6-16(14)20-10-13-8-7-12(17(19)21)9-15(13)18/h3-9,11,20H,10H2,1-2H3,(H2,19,21). The van der Waals surface area contributed by atoms with E-state index in [2.05, 4.69) is 31.3 Å². The van der Waals surface area contributed by atoms with Crippen LogP contribution in [0.5, 0.6) is 0 Å². The zero-order valence-corrected chi connectivity index (χ0v) is 12.9. The van der Waals surface area contributed by atoms with E-state index in [1.807, 2.05) is 18.2 Å². The fraction of sp³-hybridized carbons (Fsp3) is 0.235. The Morgan fingerprint density at radius 3 is 2.57 bits per heavy atom. The molecule has 3 N–H and O–H groups in total. The lowest BCUT2D eigenvalue weighted by Gasteiger charge is -2.15. The SMILES string of the molecule is CC(C)c1ccccc1NCc1ccc(C(N)=O)cc1Cl. The maximum absolute atomic E-state index is 11.1. The Hall–Kier alpha value is -2.00. The van der Waals surface area contributed by atoms with Gasteiger partial charge in [-0.25, -0.2) is 0 Å². The Labute approximate surface area is 130 Å². The van der Waals surface area contributed by atoms with Gasteiger partial charge in [0.25, 0.3) is 0 Å². The van der Waals surface area contributed by atoms with Crippen LogP contribution in [0.1, 0.15) is 41.3 Å². The second-order valence-electron chi connectivity index (χ2n) is 5.27. The van der Waals surface area contributed by atoms with Crippen molar-refractivity contribution in [2.75, 3.05) is 5.32 Å². The molecule has 0 atom stereocenters. The van der Waals surface area contributed by atoms with Gasteiger partial charge in [0.15, 0.2) is 0 Å². The second kappa shape index (κ2) is 6.64. The van der Waals surface area contributed by atoms with Gasteiger partial charge < -0.3 is 11.1 Å². The third kappa shape index (κ3) is 3.76. The molecular weight excluding hydrogens is 284 g/mol. The Balaban J connectivity index is 2.15. The van der Waals surface area contributed by atoms with Crippen molar-refractivity contribution in [2.45, 2.75) is 26.3 Å². The Morgan fingerprint density at radius 2 is 1.95 bits per heavy atom. The molecule has 0 aliphatic heterocycles. The number of anilines is 1. The first kappa shape index (κ1) is 15.4. The summed E-state index contributed by atoms with van der Waals surface area (Å²) >= 11 is 6.19. The van der Waals surface area contributed by atoms with Crippen LogP contribution in [0, 0.1) is 0 Å². The van der Waals surface area contributed by atoms with E-state index >= 15 is 0 Å². The van der Waals surface area contributed by atoms with E-state index in [0.29, 0.717) is 23.0 Å². The normalized spacial score (nSPS) is 10.7. The van der Waals surface area contributed by atoms with Gasteiger partial charge in [0, 0.05) is 22.8 Å². The van der Waals surface area contributed by atoms with Crippen LogP contribution in [0.15, 0.2) is 42.5 Å². The highest BCUT2D eigenvalue weighted by molar-refractivity contribution is 6.31. The van der Waals surface area contributed by atoms with E-state index in [4.69, 9.17) is 17.3 Å². The van der Waals surface area contributed by atoms with Crippen LogP contribution in [-0.4, -0.2) is 5.91 Å². The van der Waals surface area contributed by atoms with Crippen LogP contribution in [-0.2, 0) is 6.54 Å². The molecular formula is C17H19ClN2O. The lowest BCUT2D eigenvalue weighted by molar-refractivity contribution is 0.100. The van der Waals surface area contributed by atoms with Crippen molar-refractivity contribution in [3.8, 4) is 0 Å². The van der Waals surface area contributed by atoms with E-state index in [1.54, 1.807) is 12.1 Å². The van der Waals surface area contributed by atoms with Gasteiger partial charge in [-0.05, 0) is 35.2 Å². The van der Waals surface area contributed by atoms with Crippen LogP contribution in [0.25, 0.3) is 0 Å². The summed E-state index contributed by atoms with van der Waals surface area (Å²) in [5.41, 5.74) is 8.96. The number of amides is 1. The molecule has 0 aliphatic carbocycles. The lowest BCUT2D eigenvalue weighted by atomic mass is 10.0. The molecule has 110 valence electrons. The average Bonchev–Trinajstić information content (AvgIpc) is 2.46. The molecule has 0 aliphatic rings. The zero-order chi connectivity index (χ0) is 15.4. The second-order valence-corrected chi connectivity index (χ2v) is 5.67. The molecule has 2 aromatic carbocycles. The predicted molar refractivity (Wildman–Crippen MR) is 87.8 cm³/mol. The van der Waals surface area contributed by atoms with Gasteiger partial charge in [-0.15, -0.1) is 0 Å². The van der Waals surface area contributed by atoms with Crippen molar-refractivity contribution in [3.05, 3.63) is 64.2 Å². The van der Waals surface area contributed by atoms with Gasteiger partial charge in [-0.3, -0.25) is 4.79 Å². The number of carbonyl (C=O) groups excluding carboxylic acids is 1. The molecule has 2 aromatic rings. The highest BCUT2D eigenvalue weighted by Crippen LogP contribution is 2.25. The van der Waals surface area contributed by atoms with E-state index in [-0.39, 0.29) is 0 Å². The number of carbonyl (C=O) groups is 1. The molecule has 0 heterocycles. The van der Waals surface area contributed by atoms with E-state index in [9.17, 15) is 4.79 Å². The van der Waals surface area contributed by atoms with E-state index in [1.165, 1.54) is 5.56 Å². The highest BCUT2D eigenvalue weighted by Gasteiger charge is 2.08. The maximum atomic E-state index is 11.1. The van der Waals surface area contributed by atoms with Gasteiger partial charge in [-0.1, -0.05) is 49.7 Å². The summed E-state index contributed by atoms with van der Waals surface area (Å²) in [4.78, 5) is 11.1. The van der Waals surface area contributed by atoms with E-state index in [0.717, 1.165) is 11.3 Å². The Bertz CT molecular complexity index is 653. The van der Waals surface area contributed by atoms with Crippen LogP contribution < -0.4 is 11.1 Å². The Morgan fingerprint density at radius 1 is 1.24 bits per heavy atom. The molecule has 0 fully saturated rings. The highest BCUT2D eigenvalue weighted by atomic mass is 35.5. The smallest absolute Gasteiger partial charge is 0.248 e. The van der Waals surface area contributed by atoms with Crippen LogP contribution in [0.4, 0.5) is 5.69 Å². The van der Waals surface area contributed by atoms with Crippen LogP contribution >= 0.6 is 11.6 Å². The molecule has 0 unspecified atom stereocenters. The fourth-order valence-corrected chi connectivity index (χ4v) is 2.44. The molecule has 0 spiro atoms. The number of nitrogens with two attached hydrogens (primary N) is 1. The summed E-state index contributed by atoms with van der Waals surface area (Å²) < 4.78 is 0. The van der Waals surface area contributed by atoms with Gasteiger partial charge in [-0.2, -0.15) is 0 Å². The molecule has 0 saturated carbocycles. The molecule has 0 saturated heterocycles. The number of hydrogen-bond donors (Lipinski definition) is 2. The lowest BCUT2D eigenvalue weighted by Crippen LogP contribution is -2.11. The molecule has 3 nitrogen and oxygen atoms in total. The average molecular weight is 303 g/mol. The van der Waals surface area contributed by atoms with Crippen molar-refractivity contribution < 1.29 is 4.79 Å². The first-order chi connectivity index (χ1) is 9.99. The summed E-state index contributed by atoms with van der Waals surface area (Å²) in [6, 6.07) is 13.3. The fourth-order valence-electron chi connectivity index (χ4n) is 2.20. The third-order valence-corrected chi connectivity index (χ3v) is 3.74. The molecule has 1 amide bonds. The van der Waals surface area contributed by atoms with E-state index < -0.39 is 5.91 Å². The van der Waals surface area contributed by atoms with Gasteiger partial charge >= 0.3 is 0 Å². The number of rotatable bonds is 5. The summed E-state index contributed by atoms with van der Waals surface area (Å²) in [6.07, 6.45) is 0. The summed E-state index contributed by atoms with van der Waals surface area (Å²) in [6.45, 7) is 4.92. The summed E-state index contributed by atoms with van der Waals surface area (Å²) in [5.74, 6) is -0.0250. The number of primary amides is 1. The van der Waals surface area contributed by atoms with Crippen LogP contribution in [0.3, 0.4) is 0 Å². The minimum absolute atomic E-state index is 0.423. The first-order valence-electron chi connectivity index (χ1n) is 6.90. The van der Waals surface area contributed by atoms with Gasteiger partial charge in [0.05, 0.1) is 0 Å². The minimum Gasteiger partial charge on any atom is -0.381 e. The van der Waals surface area contributed by atoms with Gasteiger partial charge in [0.2, 0.25) is 5.91 Å². The monoisotopic (exact) mass is 302 g/mol. The van der Waals surface area contributed by atoms with Crippen molar-refractivity contribution in [2.24, 2.45) is 5.73 Å². The van der Waals surface area contributed by atoms with Crippen LogP contribution in [0.2, 0.25) is 5.02 Å². The largest absolute Gasteiger partial charge is 0.381 e. The molecule has 2 rings (SSSR count). The zero-order valence-electron chi connectivity index (χ0n) is 12.2. The topological polar surface area (TPSA) is 55.1 Å². The molecule has 0 bridgehead atoms. The summed E-state index contributed by atoms with van der Waals surface area (Å²) in [7, 11) is 0. The van der Waals surface area contributed by atoms with Crippen molar-refractivity contribution in [3.63, 3.8) is 0 Å². The Kier molecular flexibility index (Phi) is 4.86. The number of hydrogen-bond acceptors (Lipinski definition) is 2. The van der Waals surface area contributed by atoms with Gasteiger partial charge in [0.1, 0.15) is 0 Å². The number of halogens is 1. The molecule has 21 heavy (non-hydrogen) atoms. The number of nitrogens with one attached hydrogen (secondary N) is 1. The van der Waals surface area contributed by atoms with Crippen molar-refractivity contribution in [1.82, 2.24) is 0 Å². The number of para-hydroxylation sites is 1. The predicted octanol–water partition coefficient (Wildman–Crippen LogP) is 4.17. The first-order valence-corrected chi connectivity index (χ1v) is 7.28.